The number of para-hydroxylation sites is 1. The Morgan fingerprint density at radius 1 is 0.917 bits per heavy atom. The molecule has 6 nitrogen and oxygen atoms in total. The molecule has 0 spiro atoms. The first-order valence-corrected chi connectivity index (χ1v) is 7.16. The van der Waals surface area contributed by atoms with Crippen molar-refractivity contribution in [3.05, 3.63) is 70.8 Å². The van der Waals surface area contributed by atoms with Crippen LogP contribution in [-0.4, -0.2) is 11.3 Å². The maximum Gasteiger partial charge on any atom is 0.418 e. The molecule has 4 rings (SSSR count). The molecule has 0 unspecified atom stereocenters. The van der Waals surface area contributed by atoms with E-state index in [0.717, 1.165) is 27.5 Å². The Bertz CT molecular complexity index is 1040. The van der Waals surface area contributed by atoms with E-state index in [0.29, 0.717) is 0 Å². The molecule has 2 aromatic carbocycles. The van der Waals surface area contributed by atoms with E-state index in [1.54, 1.807) is 5.18 Å². The maximum absolute atomic E-state index is 12.2. The second-order valence-corrected chi connectivity index (χ2v) is 5.29. The molecule has 2 heterocycles. The molecule has 0 radical (unpaired) electrons. The summed E-state index contributed by atoms with van der Waals surface area (Å²) < 4.78 is 10.9. The van der Waals surface area contributed by atoms with Crippen LogP contribution in [-0.2, 0) is 6.42 Å². The summed E-state index contributed by atoms with van der Waals surface area (Å²) >= 11 is 0. The topological polar surface area (TPSA) is 104 Å². The summed E-state index contributed by atoms with van der Waals surface area (Å²) in [7, 11) is 0. The number of benzene rings is 2. The number of carbonyl (C=O) groups excluding carboxylic acids is 1. The van der Waals surface area contributed by atoms with Gasteiger partial charge in [-0.3, -0.25) is 4.79 Å². The SMILES string of the molecule is O=[NH+]c1ccc(C(=O)Cc2ccc3c(c2)oc2ccccc23)o1.[OH-]. The molecule has 0 atom stereocenters. The third kappa shape index (κ3) is 2.59. The smallest absolute Gasteiger partial charge is 0.418 e. The molecule has 120 valence electrons. The van der Waals surface area contributed by atoms with Gasteiger partial charge < -0.3 is 14.3 Å². The predicted octanol–water partition coefficient (Wildman–Crippen LogP) is 2.91. The number of ketones is 1. The van der Waals surface area contributed by atoms with Crippen LogP contribution in [0.15, 0.2) is 63.4 Å². The molecule has 0 aliphatic rings. The summed E-state index contributed by atoms with van der Waals surface area (Å²) in [5.74, 6) is -0.00361. The van der Waals surface area contributed by atoms with Crippen LogP contribution >= 0.6 is 0 Å². The number of nitrogens with one attached hydrogen (secondary N) is 1. The van der Waals surface area contributed by atoms with Crippen molar-refractivity contribution in [3.63, 3.8) is 0 Å². The van der Waals surface area contributed by atoms with E-state index in [4.69, 9.17) is 8.83 Å². The fourth-order valence-corrected chi connectivity index (χ4v) is 2.70. The lowest BCUT2D eigenvalue weighted by atomic mass is 10.1. The molecule has 0 aliphatic heterocycles. The van der Waals surface area contributed by atoms with Crippen LogP contribution in [0.4, 0.5) is 5.88 Å². The largest absolute Gasteiger partial charge is 0.870 e. The van der Waals surface area contributed by atoms with Gasteiger partial charge in [0.15, 0.2) is 5.76 Å². The first-order valence-electron chi connectivity index (χ1n) is 7.16. The Hall–Kier alpha value is -3.25. The molecule has 24 heavy (non-hydrogen) atoms. The minimum atomic E-state index is -0.193. The van der Waals surface area contributed by atoms with E-state index < -0.39 is 0 Å². The zero-order valence-electron chi connectivity index (χ0n) is 12.5. The quantitative estimate of drug-likeness (QED) is 0.581. The third-order valence-corrected chi connectivity index (χ3v) is 3.79. The fourth-order valence-electron chi connectivity index (χ4n) is 2.70. The summed E-state index contributed by atoms with van der Waals surface area (Å²) in [6, 6.07) is 16.5. The van der Waals surface area contributed by atoms with Crippen molar-refractivity contribution in [3.8, 4) is 0 Å². The van der Waals surface area contributed by atoms with Crippen molar-refractivity contribution in [2.24, 2.45) is 0 Å². The van der Waals surface area contributed by atoms with Gasteiger partial charge in [0, 0.05) is 22.1 Å². The van der Waals surface area contributed by atoms with E-state index in [-0.39, 0.29) is 29.3 Å². The van der Waals surface area contributed by atoms with Gasteiger partial charge in [-0.05, 0) is 23.8 Å². The van der Waals surface area contributed by atoms with E-state index in [1.165, 1.54) is 12.1 Å². The lowest BCUT2D eigenvalue weighted by molar-refractivity contribution is -0.398. The monoisotopic (exact) mass is 323 g/mol. The molecule has 2 aromatic heterocycles. The van der Waals surface area contributed by atoms with Crippen LogP contribution < -0.4 is 5.18 Å². The lowest BCUT2D eigenvalue weighted by Crippen LogP contribution is -2.55. The number of hydrogen-bond donors (Lipinski definition) is 1. The standard InChI is InChI=1S/C18H11NO4.H2O/c20-14(16-7-8-18(19-21)23-16)9-11-5-6-13-12-3-1-2-4-15(12)22-17(13)10-11;/h1-8,10H,9H2;1H2. The minimum Gasteiger partial charge on any atom is -0.870 e. The predicted molar refractivity (Wildman–Crippen MR) is 86.4 cm³/mol. The van der Waals surface area contributed by atoms with Crippen molar-refractivity contribution < 1.29 is 24.3 Å². The van der Waals surface area contributed by atoms with E-state index in [1.807, 2.05) is 42.5 Å². The zero-order valence-corrected chi connectivity index (χ0v) is 12.5. The Kier molecular flexibility index (Phi) is 3.97. The van der Waals surface area contributed by atoms with Gasteiger partial charge in [0.05, 0.1) is 11.2 Å². The number of rotatable bonds is 4. The maximum atomic E-state index is 12.2. The van der Waals surface area contributed by atoms with Gasteiger partial charge in [-0.25, -0.2) is 0 Å². The number of carbonyl (C=O) groups is 1. The van der Waals surface area contributed by atoms with Gasteiger partial charge in [0.2, 0.25) is 5.78 Å². The first-order chi connectivity index (χ1) is 11.2. The molecule has 0 saturated carbocycles. The van der Waals surface area contributed by atoms with Crippen molar-refractivity contribution in [2.75, 3.05) is 0 Å². The van der Waals surface area contributed by atoms with Crippen molar-refractivity contribution in [1.29, 1.82) is 0 Å². The van der Waals surface area contributed by atoms with Gasteiger partial charge in [-0.2, -0.15) is 0 Å². The van der Waals surface area contributed by atoms with Crippen LogP contribution in [0.1, 0.15) is 16.1 Å². The van der Waals surface area contributed by atoms with Crippen molar-refractivity contribution in [1.82, 2.24) is 0 Å². The van der Waals surface area contributed by atoms with E-state index in [2.05, 4.69) is 0 Å². The molecular formula is C18H13NO5. The second-order valence-electron chi connectivity index (χ2n) is 5.29. The Morgan fingerprint density at radius 2 is 1.71 bits per heavy atom. The van der Waals surface area contributed by atoms with Crippen LogP contribution in [0.5, 0.6) is 0 Å². The molecular weight excluding hydrogens is 310 g/mol. The van der Waals surface area contributed by atoms with Gasteiger partial charge in [0.1, 0.15) is 11.2 Å². The van der Waals surface area contributed by atoms with E-state index in [9.17, 15) is 9.70 Å². The molecule has 0 bridgehead atoms. The molecule has 0 saturated heterocycles. The van der Waals surface area contributed by atoms with Gasteiger partial charge in [-0.15, -0.1) is 0 Å². The fraction of sp³-hybridized carbons (Fsp3) is 0.0556. The third-order valence-electron chi connectivity index (χ3n) is 3.79. The Labute approximate surface area is 136 Å². The summed E-state index contributed by atoms with van der Waals surface area (Å²) in [6.07, 6.45) is 0.179. The van der Waals surface area contributed by atoms with Crippen molar-refractivity contribution in [2.45, 2.75) is 6.42 Å². The average Bonchev–Trinajstić information content (AvgIpc) is 3.18. The minimum absolute atomic E-state index is 0. The highest BCUT2D eigenvalue weighted by molar-refractivity contribution is 6.05. The Balaban J connectivity index is 0.00000169. The highest BCUT2D eigenvalue weighted by atomic mass is 16.4. The van der Waals surface area contributed by atoms with Gasteiger partial charge in [-0.1, -0.05) is 30.3 Å². The van der Waals surface area contributed by atoms with Crippen LogP contribution in [0.3, 0.4) is 0 Å². The summed E-state index contributed by atoms with van der Waals surface area (Å²) in [5, 5.41) is 3.70. The first kappa shape index (κ1) is 15.6. The highest BCUT2D eigenvalue weighted by Crippen LogP contribution is 2.29. The van der Waals surface area contributed by atoms with Gasteiger partial charge in [0.25, 0.3) is 0 Å². The number of nitroso groups, excluding NO2 is 1. The summed E-state index contributed by atoms with van der Waals surface area (Å²) in [4.78, 5) is 22.7. The van der Waals surface area contributed by atoms with Crippen molar-refractivity contribution >= 4 is 33.6 Å². The molecule has 0 aliphatic carbocycles. The normalized spacial score (nSPS) is 10.7. The number of hydrogen-bond acceptors (Lipinski definition) is 5. The number of Topliss-reactive ketones (excluding diaryl/α,β-unsaturated/α-hetero) is 1. The van der Waals surface area contributed by atoms with Crippen LogP contribution in [0, 0.1) is 4.91 Å². The molecule has 0 amide bonds. The molecule has 4 aromatic rings. The molecule has 2 N–H and O–H groups in total. The summed E-state index contributed by atoms with van der Waals surface area (Å²) in [6.45, 7) is 0. The average molecular weight is 323 g/mol. The number of furan rings is 2. The molecule has 6 heteroatoms. The van der Waals surface area contributed by atoms with E-state index >= 15 is 0 Å². The number of fused-ring (bicyclic) bond motifs is 3. The Morgan fingerprint density at radius 3 is 2.50 bits per heavy atom. The van der Waals surface area contributed by atoms with Crippen LogP contribution in [0.2, 0.25) is 0 Å². The highest BCUT2D eigenvalue weighted by Gasteiger charge is 2.15. The second kappa shape index (κ2) is 6.10. The van der Waals surface area contributed by atoms with Gasteiger partial charge >= 0.3 is 5.88 Å². The molecule has 0 fully saturated rings. The summed E-state index contributed by atoms with van der Waals surface area (Å²) in [5.41, 5.74) is 2.40. The lowest BCUT2D eigenvalue weighted by Gasteiger charge is -1.98. The zero-order chi connectivity index (χ0) is 15.8. The van der Waals surface area contributed by atoms with Crippen LogP contribution in [0.25, 0.3) is 21.9 Å².